The topological polar surface area (TPSA) is 38.9 Å². The second-order valence-electron chi connectivity index (χ2n) is 5.12. The minimum Gasteiger partial charge on any atom is -0.339 e. The fraction of sp³-hybridized carbons (Fsp3) is 0.500. The zero-order chi connectivity index (χ0) is 13.3. The van der Waals surface area contributed by atoms with Gasteiger partial charge in [0.25, 0.3) is 0 Å². The van der Waals surface area contributed by atoms with Crippen molar-refractivity contribution in [3.63, 3.8) is 0 Å². The van der Waals surface area contributed by atoms with E-state index < -0.39 is 0 Å². The molecule has 0 aliphatic heterocycles. The van der Waals surface area contributed by atoms with Crippen LogP contribution in [0.2, 0.25) is 0 Å². The fourth-order valence-corrected chi connectivity index (χ4v) is 2.30. The Balaban J connectivity index is 1.53. The van der Waals surface area contributed by atoms with Gasteiger partial charge in [0.15, 0.2) is 6.33 Å². The Bertz CT molecular complexity index is 439. The van der Waals surface area contributed by atoms with E-state index in [0.29, 0.717) is 5.92 Å². The van der Waals surface area contributed by atoms with Crippen LogP contribution in [0.3, 0.4) is 0 Å². The molecule has 0 amide bonds. The molecule has 1 aromatic carbocycles. The van der Waals surface area contributed by atoms with Gasteiger partial charge in [0.1, 0.15) is 0 Å². The Labute approximate surface area is 115 Å². The lowest BCUT2D eigenvalue weighted by Gasteiger charge is -2.06. The summed E-state index contributed by atoms with van der Waals surface area (Å²) in [6.45, 7) is 2.15. The van der Waals surface area contributed by atoms with Crippen molar-refractivity contribution in [3.05, 3.63) is 48.1 Å². The number of aromatic nitrogens is 2. The van der Waals surface area contributed by atoms with Crippen LogP contribution in [0.5, 0.6) is 0 Å². The van der Waals surface area contributed by atoms with Gasteiger partial charge in [-0.2, -0.15) is 4.98 Å². The maximum atomic E-state index is 5.07. The number of aryl methyl sites for hydroxylation is 1. The molecule has 1 unspecified atom stereocenters. The van der Waals surface area contributed by atoms with Gasteiger partial charge in [-0.05, 0) is 24.8 Å². The summed E-state index contributed by atoms with van der Waals surface area (Å²) < 4.78 is 5.07. The molecule has 0 spiro atoms. The van der Waals surface area contributed by atoms with E-state index in [0.717, 1.165) is 12.3 Å². The molecule has 0 saturated heterocycles. The summed E-state index contributed by atoms with van der Waals surface area (Å²) in [6, 6.07) is 10.7. The number of hydrogen-bond acceptors (Lipinski definition) is 3. The van der Waals surface area contributed by atoms with Crippen LogP contribution in [0.25, 0.3) is 0 Å². The van der Waals surface area contributed by atoms with Crippen LogP contribution >= 0.6 is 0 Å². The third-order valence-electron chi connectivity index (χ3n) is 3.50. The van der Waals surface area contributed by atoms with Crippen LogP contribution < -0.4 is 0 Å². The number of rotatable bonds is 8. The Morgan fingerprint density at radius 3 is 2.58 bits per heavy atom. The third-order valence-corrected chi connectivity index (χ3v) is 3.50. The Morgan fingerprint density at radius 1 is 1.05 bits per heavy atom. The Kier molecular flexibility index (Phi) is 5.60. The van der Waals surface area contributed by atoms with Crippen LogP contribution in [0.4, 0.5) is 0 Å². The summed E-state index contributed by atoms with van der Waals surface area (Å²) in [5.41, 5.74) is 1.45. The van der Waals surface area contributed by atoms with E-state index in [2.05, 4.69) is 47.4 Å². The number of benzene rings is 1. The quantitative estimate of drug-likeness (QED) is 0.660. The van der Waals surface area contributed by atoms with Gasteiger partial charge in [0.05, 0.1) is 0 Å². The minimum absolute atomic E-state index is 0.386. The number of unbranched alkanes of at least 4 members (excludes halogenated alkanes) is 3. The normalized spacial score (nSPS) is 12.5. The molecule has 0 aliphatic carbocycles. The van der Waals surface area contributed by atoms with Gasteiger partial charge in [-0.3, -0.25) is 0 Å². The fourth-order valence-electron chi connectivity index (χ4n) is 2.30. The number of nitrogens with zero attached hydrogens (tertiary/aromatic N) is 2. The summed E-state index contributed by atoms with van der Waals surface area (Å²) in [4.78, 5) is 4.09. The Morgan fingerprint density at radius 2 is 1.84 bits per heavy atom. The molecule has 3 heteroatoms. The van der Waals surface area contributed by atoms with Crippen LogP contribution in [-0.2, 0) is 6.42 Å². The van der Waals surface area contributed by atoms with Gasteiger partial charge in [0.2, 0.25) is 5.89 Å². The molecule has 1 atom stereocenters. The minimum atomic E-state index is 0.386. The second-order valence-corrected chi connectivity index (χ2v) is 5.12. The SMILES string of the molecule is CC(CCCCCCc1ccccc1)c1ncno1. The zero-order valence-corrected chi connectivity index (χ0v) is 11.6. The van der Waals surface area contributed by atoms with Crippen LogP contribution in [0, 0.1) is 0 Å². The summed E-state index contributed by atoms with van der Waals surface area (Å²) in [5, 5.41) is 3.65. The molecule has 1 aromatic heterocycles. The van der Waals surface area contributed by atoms with Gasteiger partial charge in [-0.25, -0.2) is 0 Å². The smallest absolute Gasteiger partial charge is 0.229 e. The molecule has 102 valence electrons. The molecular formula is C16H22N2O. The second kappa shape index (κ2) is 7.72. The molecule has 3 nitrogen and oxygen atoms in total. The van der Waals surface area contributed by atoms with Crippen molar-refractivity contribution in [2.24, 2.45) is 0 Å². The Hall–Kier alpha value is -1.64. The van der Waals surface area contributed by atoms with Crippen molar-refractivity contribution < 1.29 is 4.52 Å². The van der Waals surface area contributed by atoms with E-state index >= 15 is 0 Å². The molecule has 0 saturated carbocycles. The highest BCUT2D eigenvalue weighted by Gasteiger charge is 2.10. The zero-order valence-electron chi connectivity index (χ0n) is 11.6. The van der Waals surface area contributed by atoms with E-state index in [1.165, 1.54) is 44.0 Å². The standard InChI is InChI=1S/C16H22N2O/c1-14(16-17-13-18-19-16)9-5-2-3-6-10-15-11-7-4-8-12-15/h4,7-8,11-14H,2-3,5-6,9-10H2,1H3. The highest BCUT2D eigenvalue weighted by atomic mass is 16.5. The van der Waals surface area contributed by atoms with E-state index in [1.807, 2.05) is 0 Å². The molecule has 0 radical (unpaired) electrons. The van der Waals surface area contributed by atoms with Crippen molar-refractivity contribution in [1.29, 1.82) is 0 Å². The van der Waals surface area contributed by atoms with Gasteiger partial charge in [-0.1, -0.05) is 61.7 Å². The molecule has 0 bridgehead atoms. The van der Waals surface area contributed by atoms with Crippen molar-refractivity contribution in [1.82, 2.24) is 10.1 Å². The molecule has 2 aromatic rings. The lowest BCUT2D eigenvalue weighted by atomic mass is 10.0. The highest BCUT2D eigenvalue weighted by Crippen LogP contribution is 2.19. The van der Waals surface area contributed by atoms with E-state index in [1.54, 1.807) is 0 Å². The van der Waals surface area contributed by atoms with Gasteiger partial charge in [-0.15, -0.1) is 0 Å². The van der Waals surface area contributed by atoms with Crippen molar-refractivity contribution in [2.45, 2.75) is 51.4 Å². The summed E-state index contributed by atoms with van der Waals surface area (Å²) in [5.74, 6) is 1.15. The van der Waals surface area contributed by atoms with E-state index in [9.17, 15) is 0 Å². The first-order valence-corrected chi connectivity index (χ1v) is 7.17. The molecule has 0 fully saturated rings. The average molecular weight is 258 g/mol. The van der Waals surface area contributed by atoms with Gasteiger partial charge < -0.3 is 4.52 Å². The monoisotopic (exact) mass is 258 g/mol. The summed E-state index contributed by atoms with van der Waals surface area (Å²) in [7, 11) is 0. The first kappa shape index (κ1) is 13.8. The van der Waals surface area contributed by atoms with Crippen LogP contribution in [0.15, 0.2) is 41.2 Å². The third kappa shape index (κ3) is 4.86. The van der Waals surface area contributed by atoms with Crippen LogP contribution in [-0.4, -0.2) is 10.1 Å². The first-order chi connectivity index (χ1) is 9.36. The molecule has 0 aliphatic rings. The predicted octanol–water partition coefficient (Wildman–Crippen LogP) is 4.37. The first-order valence-electron chi connectivity index (χ1n) is 7.17. The maximum absolute atomic E-state index is 5.07. The van der Waals surface area contributed by atoms with Crippen molar-refractivity contribution >= 4 is 0 Å². The summed E-state index contributed by atoms with van der Waals surface area (Å²) >= 11 is 0. The molecule has 2 rings (SSSR count). The maximum Gasteiger partial charge on any atom is 0.229 e. The molecule has 1 heterocycles. The van der Waals surface area contributed by atoms with Gasteiger partial charge in [0, 0.05) is 5.92 Å². The predicted molar refractivity (Wildman–Crippen MR) is 75.9 cm³/mol. The van der Waals surface area contributed by atoms with Gasteiger partial charge >= 0.3 is 0 Å². The lowest BCUT2D eigenvalue weighted by molar-refractivity contribution is 0.349. The molecule has 19 heavy (non-hydrogen) atoms. The molecule has 0 N–H and O–H groups in total. The van der Waals surface area contributed by atoms with Crippen LogP contribution in [0.1, 0.15) is 56.4 Å². The number of hydrogen-bond donors (Lipinski definition) is 0. The van der Waals surface area contributed by atoms with Crippen molar-refractivity contribution in [2.75, 3.05) is 0 Å². The summed E-state index contributed by atoms with van der Waals surface area (Å²) in [6.07, 6.45) is 8.90. The lowest BCUT2D eigenvalue weighted by Crippen LogP contribution is -1.94. The average Bonchev–Trinajstić information content (AvgIpc) is 2.98. The van der Waals surface area contributed by atoms with E-state index in [-0.39, 0.29) is 0 Å². The largest absolute Gasteiger partial charge is 0.339 e. The van der Waals surface area contributed by atoms with E-state index in [4.69, 9.17) is 4.52 Å². The highest BCUT2D eigenvalue weighted by molar-refractivity contribution is 5.14. The van der Waals surface area contributed by atoms with Crippen molar-refractivity contribution in [3.8, 4) is 0 Å². The molecular weight excluding hydrogens is 236 g/mol.